The van der Waals surface area contributed by atoms with Crippen LogP contribution in [0, 0.1) is 6.92 Å². The van der Waals surface area contributed by atoms with Gasteiger partial charge in [-0.1, -0.05) is 0 Å². The van der Waals surface area contributed by atoms with Crippen molar-refractivity contribution < 1.29 is 14.3 Å². The lowest BCUT2D eigenvalue weighted by Gasteiger charge is -2.25. The Morgan fingerprint density at radius 3 is 3.00 bits per heavy atom. The number of rotatable bonds is 2. The summed E-state index contributed by atoms with van der Waals surface area (Å²) in [4.78, 5) is 19.1. The molecule has 7 heteroatoms. The lowest BCUT2D eigenvalue weighted by molar-refractivity contribution is -0.125. The smallest absolute Gasteiger partial charge is 0.237 e. The normalized spacial score (nSPS) is 20.9. The molecule has 4 rings (SSSR count). The third-order valence-electron chi connectivity index (χ3n) is 5.29. The first-order valence-electron chi connectivity index (χ1n) is 10.2. The molecule has 0 bridgehead atoms. The van der Waals surface area contributed by atoms with Crippen LogP contribution in [0.2, 0.25) is 0 Å². The van der Waals surface area contributed by atoms with Crippen LogP contribution in [0.1, 0.15) is 24.0 Å². The molecule has 2 N–H and O–H groups in total. The van der Waals surface area contributed by atoms with Crippen LogP contribution >= 0.6 is 0 Å². The molecule has 29 heavy (non-hydrogen) atoms. The number of nitrogens with one attached hydrogen (secondary N) is 2. The van der Waals surface area contributed by atoms with Gasteiger partial charge >= 0.3 is 0 Å². The predicted octanol–water partition coefficient (Wildman–Crippen LogP) is 2.62. The number of fused-ring (bicyclic) bond motifs is 2. The number of anilines is 2. The number of hydrogen-bond acceptors (Lipinski definition) is 6. The van der Waals surface area contributed by atoms with Gasteiger partial charge in [0, 0.05) is 30.5 Å². The van der Waals surface area contributed by atoms with Gasteiger partial charge in [-0.15, -0.1) is 0 Å². The Kier molecular flexibility index (Phi) is 6.27. The topological polar surface area (TPSA) is 75.7 Å². The maximum atomic E-state index is 12.6. The number of carbonyl (C=O) groups excluding carboxylic acids is 1. The lowest BCUT2D eigenvalue weighted by Crippen LogP contribution is -2.43. The molecule has 1 aromatic heterocycles. The predicted molar refractivity (Wildman–Crippen MR) is 111 cm³/mol. The summed E-state index contributed by atoms with van der Waals surface area (Å²) in [6.45, 7) is 5.63. The summed E-state index contributed by atoms with van der Waals surface area (Å²) >= 11 is 0. The van der Waals surface area contributed by atoms with Gasteiger partial charge in [0.25, 0.3) is 0 Å². The second-order valence-corrected chi connectivity index (χ2v) is 7.58. The summed E-state index contributed by atoms with van der Waals surface area (Å²) in [5.41, 5.74) is 4.09. The Hall–Kier alpha value is -2.64. The van der Waals surface area contributed by atoms with Crippen molar-refractivity contribution in [3.05, 3.63) is 47.8 Å². The van der Waals surface area contributed by atoms with E-state index < -0.39 is 0 Å². The summed E-state index contributed by atoms with van der Waals surface area (Å²) in [6, 6.07) is 8.07. The van der Waals surface area contributed by atoms with E-state index in [4.69, 9.17) is 9.47 Å². The molecule has 1 amide bonds. The van der Waals surface area contributed by atoms with E-state index in [0.29, 0.717) is 32.9 Å². The van der Waals surface area contributed by atoms with Crippen molar-refractivity contribution in [2.24, 2.45) is 0 Å². The molecule has 154 valence electrons. The van der Waals surface area contributed by atoms with Crippen LogP contribution in [-0.2, 0) is 16.1 Å². The average molecular weight is 396 g/mol. The third kappa shape index (κ3) is 5.05. The van der Waals surface area contributed by atoms with E-state index in [0.717, 1.165) is 47.6 Å². The number of carbonyl (C=O) groups is 1. The fourth-order valence-corrected chi connectivity index (χ4v) is 3.92. The van der Waals surface area contributed by atoms with Crippen LogP contribution in [0.4, 0.5) is 11.4 Å². The fraction of sp³-hybridized carbons (Fsp3) is 0.455. The first kappa shape index (κ1) is 19.7. The van der Waals surface area contributed by atoms with E-state index in [2.05, 4.69) is 32.7 Å². The Morgan fingerprint density at radius 1 is 1.17 bits per heavy atom. The number of nitrogens with zero attached hydrogens (tertiary/aromatic N) is 2. The molecule has 2 aliphatic rings. The van der Waals surface area contributed by atoms with Crippen LogP contribution in [0.5, 0.6) is 5.75 Å². The molecule has 1 aromatic carbocycles. The molecule has 1 saturated heterocycles. The monoisotopic (exact) mass is 396 g/mol. The summed E-state index contributed by atoms with van der Waals surface area (Å²) in [5, 5.41) is 6.42. The number of aromatic nitrogens is 1. The van der Waals surface area contributed by atoms with E-state index in [9.17, 15) is 4.79 Å². The Morgan fingerprint density at radius 2 is 2.10 bits per heavy atom. The Labute approximate surface area is 171 Å². The van der Waals surface area contributed by atoms with E-state index in [-0.39, 0.29) is 11.9 Å². The van der Waals surface area contributed by atoms with Gasteiger partial charge in [0.1, 0.15) is 12.4 Å². The second kappa shape index (κ2) is 9.24. The van der Waals surface area contributed by atoms with Crippen LogP contribution in [-0.4, -0.2) is 54.7 Å². The summed E-state index contributed by atoms with van der Waals surface area (Å²) in [7, 11) is 0. The first-order chi connectivity index (χ1) is 14.2. The number of pyridine rings is 1. The zero-order chi connectivity index (χ0) is 20.1. The van der Waals surface area contributed by atoms with Crippen molar-refractivity contribution >= 4 is 17.3 Å². The number of benzene rings is 1. The van der Waals surface area contributed by atoms with Gasteiger partial charge in [0.15, 0.2) is 0 Å². The minimum absolute atomic E-state index is 0.0907. The summed E-state index contributed by atoms with van der Waals surface area (Å²) < 4.78 is 11.6. The Bertz CT molecular complexity index is 858. The van der Waals surface area contributed by atoms with E-state index in [1.807, 2.05) is 31.5 Å². The molecule has 2 aromatic rings. The van der Waals surface area contributed by atoms with Gasteiger partial charge in [-0.3, -0.25) is 14.7 Å². The van der Waals surface area contributed by atoms with Gasteiger partial charge in [-0.2, -0.15) is 0 Å². The quantitative estimate of drug-likeness (QED) is 0.813. The molecule has 2 aliphatic heterocycles. The standard InChI is InChI=1S/C22H28N4O3/c1-16-11-19(14-23-13-16)25-18-4-5-21-17(12-18)15-26-7-2-3-20(26)22(27)24-6-8-28-9-10-29-21/h4-5,11-14,20,25H,2-3,6-10,15H2,1H3,(H,24,27). The van der Waals surface area contributed by atoms with Crippen molar-refractivity contribution in [3.8, 4) is 5.75 Å². The Balaban J connectivity index is 1.59. The highest BCUT2D eigenvalue weighted by atomic mass is 16.5. The van der Waals surface area contributed by atoms with Crippen LogP contribution in [0.3, 0.4) is 0 Å². The highest BCUT2D eigenvalue weighted by Gasteiger charge is 2.31. The molecule has 1 unspecified atom stereocenters. The zero-order valence-corrected chi connectivity index (χ0v) is 16.8. The lowest BCUT2D eigenvalue weighted by atomic mass is 10.1. The van der Waals surface area contributed by atoms with Crippen molar-refractivity contribution in [1.82, 2.24) is 15.2 Å². The SMILES string of the molecule is Cc1cncc(Nc2ccc3c(c2)CN2CCCC2C(=O)NCCOCCO3)c1. The van der Waals surface area contributed by atoms with E-state index >= 15 is 0 Å². The summed E-state index contributed by atoms with van der Waals surface area (Å²) in [6.07, 6.45) is 5.55. The van der Waals surface area contributed by atoms with Crippen LogP contribution in [0.15, 0.2) is 36.7 Å². The minimum atomic E-state index is -0.0961. The van der Waals surface area contributed by atoms with Crippen molar-refractivity contribution in [2.45, 2.75) is 32.4 Å². The highest BCUT2D eigenvalue weighted by Crippen LogP contribution is 2.29. The number of amides is 1. The molecule has 0 radical (unpaired) electrons. The molecule has 0 saturated carbocycles. The molecule has 1 atom stereocenters. The first-order valence-corrected chi connectivity index (χ1v) is 10.2. The average Bonchev–Trinajstić information content (AvgIpc) is 3.16. The van der Waals surface area contributed by atoms with Crippen molar-refractivity contribution in [1.29, 1.82) is 0 Å². The third-order valence-corrected chi connectivity index (χ3v) is 5.29. The van der Waals surface area contributed by atoms with Crippen LogP contribution in [0.25, 0.3) is 0 Å². The molecule has 3 heterocycles. The fourth-order valence-electron chi connectivity index (χ4n) is 3.92. The molecule has 0 spiro atoms. The van der Waals surface area contributed by atoms with Gasteiger partial charge in [-0.25, -0.2) is 0 Å². The van der Waals surface area contributed by atoms with Gasteiger partial charge in [0.2, 0.25) is 5.91 Å². The van der Waals surface area contributed by atoms with Crippen molar-refractivity contribution in [2.75, 3.05) is 38.2 Å². The second-order valence-electron chi connectivity index (χ2n) is 7.58. The maximum Gasteiger partial charge on any atom is 0.237 e. The highest BCUT2D eigenvalue weighted by molar-refractivity contribution is 5.82. The molecule has 0 aliphatic carbocycles. The number of aryl methyl sites for hydroxylation is 1. The minimum Gasteiger partial charge on any atom is -0.491 e. The van der Waals surface area contributed by atoms with E-state index in [1.54, 1.807) is 0 Å². The van der Waals surface area contributed by atoms with Gasteiger partial charge in [-0.05, 0) is 56.1 Å². The largest absolute Gasteiger partial charge is 0.491 e. The van der Waals surface area contributed by atoms with Gasteiger partial charge in [0.05, 0.1) is 31.1 Å². The number of hydrogen-bond donors (Lipinski definition) is 2. The molecular formula is C22H28N4O3. The number of ether oxygens (including phenoxy) is 2. The van der Waals surface area contributed by atoms with Crippen molar-refractivity contribution in [3.63, 3.8) is 0 Å². The molecule has 1 fully saturated rings. The molecular weight excluding hydrogens is 368 g/mol. The maximum absolute atomic E-state index is 12.6. The molecule has 7 nitrogen and oxygen atoms in total. The summed E-state index contributed by atoms with van der Waals surface area (Å²) in [5.74, 6) is 0.930. The van der Waals surface area contributed by atoms with Gasteiger partial charge < -0.3 is 20.1 Å². The van der Waals surface area contributed by atoms with Crippen LogP contribution < -0.4 is 15.4 Å². The van der Waals surface area contributed by atoms with E-state index in [1.165, 1.54) is 0 Å². The zero-order valence-electron chi connectivity index (χ0n) is 16.8.